The number of halogens is 2. The molecule has 3 rings (SSSR count). The molecule has 21 heavy (non-hydrogen) atoms. The van der Waals surface area contributed by atoms with Gasteiger partial charge in [-0.3, -0.25) is 9.59 Å². The maximum absolute atomic E-state index is 13.9. The van der Waals surface area contributed by atoms with Crippen molar-refractivity contribution in [2.75, 3.05) is 0 Å². The molecule has 1 saturated heterocycles. The summed E-state index contributed by atoms with van der Waals surface area (Å²) in [6.07, 6.45) is 1.88. The number of hydrogen-bond donors (Lipinski definition) is 1. The molecule has 1 aromatic rings. The third-order valence-corrected chi connectivity index (χ3v) is 4.53. The number of rotatable bonds is 3. The average Bonchev–Trinajstić information content (AvgIpc) is 3.24. The van der Waals surface area contributed by atoms with E-state index in [0.29, 0.717) is 5.56 Å². The third-order valence-electron chi connectivity index (χ3n) is 4.03. The second-order valence-electron chi connectivity index (χ2n) is 5.71. The van der Waals surface area contributed by atoms with Crippen molar-refractivity contribution in [3.8, 4) is 0 Å². The largest absolute Gasteiger partial charge is 0.343 e. The Kier molecular flexibility index (Phi) is 3.73. The van der Waals surface area contributed by atoms with Crippen LogP contribution in [0, 0.1) is 11.7 Å². The van der Waals surface area contributed by atoms with Gasteiger partial charge in [-0.1, -0.05) is 15.9 Å². The number of piperazine rings is 1. The first-order chi connectivity index (χ1) is 9.97. The summed E-state index contributed by atoms with van der Waals surface area (Å²) in [4.78, 5) is 26.1. The fraction of sp³-hybridized carbons (Fsp3) is 0.467. The normalized spacial score (nSPS) is 26.0. The summed E-state index contributed by atoms with van der Waals surface area (Å²) in [5.74, 6) is -0.429. The predicted molar refractivity (Wildman–Crippen MR) is 78.8 cm³/mol. The Bertz CT molecular complexity index is 603. The average molecular weight is 355 g/mol. The maximum Gasteiger partial charge on any atom is 0.245 e. The minimum Gasteiger partial charge on any atom is -0.343 e. The Morgan fingerprint density at radius 3 is 2.76 bits per heavy atom. The second kappa shape index (κ2) is 5.40. The third kappa shape index (κ3) is 2.81. The van der Waals surface area contributed by atoms with Crippen LogP contribution >= 0.6 is 15.9 Å². The molecule has 0 spiro atoms. The van der Waals surface area contributed by atoms with E-state index < -0.39 is 12.1 Å². The summed E-state index contributed by atoms with van der Waals surface area (Å²) in [5, 5.41) is 2.71. The van der Waals surface area contributed by atoms with E-state index in [-0.39, 0.29) is 30.1 Å². The maximum atomic E-state index is 13.9. The van der Waals surface area contributed by atoms with Crippen LogP contribution in [0.1, 0.15) is 25.3 Å². The van der Waals surface area contributed by atoms with Gasteiger partial charge in [-0.25, -0.2) is 4.39 Å². The molecular formula is C15H16BrFN2O2. The Morgan fingerprint density at radius 2 is 2.10 bits per heavy atom. The molecule has 4 nitrogen and oxygen atoms in total. The number of hydrogen-bond acceptors (Lipinski definition) is 2. The number of carbonyl (C=O) groups is 2. The van der Waals surface area contributed by atoms with Crippen LogP contribution in [-0.2, 0) is 16.1 Å². The molecular weight excluding hydrogens is 339 g/mol. The molecule has 2 aliphatic rings. The zero-order valence-corrected chi connectivity index (χ0v) is 13.2. The van der Waals surface area contributed by atoms with Crippen molar-refractivity contribution in [3.05, 3.63) is 34.1 Å². The van der Waals surface area contributed by atoms with Crippen LogP contribution in [0.4, 0.5) is 4.39 Å². The number of benzene rings is 1. The second-order valence-corrected chi connectivity index (χ2v) is 6.63. The zero-order valence-electron chi connectivity index (χ0n) is 11.6. The van der Waals surface area contributed by atoms with E-state index in [2.05, 4.69) is 21.2 Å². The van der Waals surface area contributed by atoms with Crippen LogP contribution < -0.4 is 5.32 Å². The van der Waals surface area contributed by atoms with Gasteiger partial charge in [-0.15, -0.1) is 0 Å². The van der Waals surface area contributed by atoms with E-state index in [0.717, 1.165) is 17.3 Å². The van der Waals surface area contributed by atoms with Crippen molar-refractivity contribution in [2.45, 2.75) is 38.4 Å². The van der Waals surface area contributed by atoms with E-state index in [1.54, 1.807) is 19.1 Å². The Balaban J connectivity index is 1.90. The molecule has 112 valence electrons. The fourth-order valence-electron chi connectivity index (χ4n) is 2.79. The molecule has 2 unspecified atom stereocenters. The highest BCUT2D eigenvalue weighted by Gasteiger charge is 2.46. The van der Waals surface area contributed by atoms with Gasteiger partial charge in [-0.05, 0) is 43.9 Å². The van der Waals surface area contributed by atoms with Gasteiger partial charge in [0.05, 0.1) is 0 Å². The molecule has 1 saturated carbocycles. The molecule has 1 aliphatic heterocycles. The molecule has 0 radical (unpaired) electrons. The lowest BCUT2D eigenvalue weighted by molar-refractivity contribution is -0.150. The van der Waals surface area contributed by atoms with Gasteiger partial charge in [0.15, 0.2) is 0 Å². The molecule has 0 aromatic heterocycles. The monoisotopic (exact) mass is 354 g/mol. The van der Waals surface area contributed by atoms with Crippen molar-refractivity contribution in [3.63, 3.8) is 0 Å². The summed E-state index contributed by atoms with van der Waals surface area (Å²) in [6.45, 7) is 1.79. The first-order valence-electron chi connectivity index (χ1n) is 7.02. The van der Waals surface area contributed by atoms with Gasteiger partial charge in [-0.2, -0.15) is 0 Å². The van der Waals surface area contributed by atoms with Crippen molar-refractivity contribution in [1.82, 2.24) is 10.2 Å². The van der Waals surface area contributed by atoms with E-state index in [1.165, 1.54) is 11.0 Å². The molecule has 1 heterocycles. The lowest BCUT2D eigenvalue weighted by atomic mass is 10.0. The van der Waals surface area contributed by atoms with Gasteiger partial charge in [0.2, 0.25) is 11.8 Å². The first-order valence-corrected chi connectivity index (χ1v) is 7.81. The van der Waals surface area contributed by atoms with Crippen LogP contribution in [0.3, 0.4) is 0 Å². The first kappa shape index (κ1) is 14.5. The van der Waals surface area contributed by atoms with Gasteiger partial charge >= 0.3 is 0 Å². The van der Waals surface area contributed by atoms with Crippen LogP contribution in [0.15, 0.2) is 22.7 Å². The van der Waals surface area contributed by atoms with Crippen LogP contribution in [0.5, 0.6) is 0 Å². The van der Waals surface area contributed by atoms with Crippen LogP contribution in [-0.4, -0.2) is 28.8 Å². The van der Waals surface area contributed by atoms with E-state index >= 15 is 0 Å². The van der Waals surface area contributed by atoms with Gasteiger partial charge < -0.3 is 10.2 Å². The van der Waals surface area contributed by atoms with Gasteiger partial charge in [0.25, 0.3) is 0 Å². The summed E-state index contributed by atoms with van der Waals surface area (Å²) >= 11 is 3.31. The Labute approximate surface area is 130 Å². The molecule has 2 amide bonds. The quantitative estimate of drug-likeness (QED) is 0.904. The summed E-state index contributed by atoms with van der Waals surface area (Å²) in [7, 11) is 0. The highest BCUT2D eigenvalue weighted by Crippen LogP contribution is 2.37. The molecule has 1 aliphatic carbocycles. The number of nitrogens with zero attached hydrogens (tertiary/aromatic N) is 1. The highest BCUT2D eigenvalue weighted by atomic mass is 79.9. The Hall–Kier alpha value is -1.43. The van der Waals surface area contributed by atoms with Crippen molar-refractivity contribution >= 4 is 27.7 Å². The minimum absolute atomic E-state index is 0.125. The summed E-state index contributed by atoms with van der Waals surface area (Å²) in [5.41, 5.74) is 0.422. The highest BCUT2D eigenvalue weighted by molar-refractivity contribution is 9.10. The number of nitrogens with one attached hydrogen (secondary N) is 1. The van der Waals surface area contributed by atoms with E-state index in [4.69, 9.17) is 0 Å². The fourth-order valence-corrected chi connectivity index (χ4v) is 3.20. The van der Waals surface area contributed by atoms with Crippen LogP contribution in [0.25, 0.3) is 0 Å². The van der Waals surface area contributed by atoms with Crippen LogP contribution in [0.2, 0.25) is 0 Å². The number of carbonyl (C=O) groups excluding carboxylic acids is 2. The topological polar surface area (TPSA) is 49.4 Å². The molecule has 0 bridgehead atoms. The molecule has 2 fully saturated rings. The molecule has 6 heteroatoms. The smallest absolute Gasteiger partial charge is 0.245 e. The molecule has 2 atom stereocenters. The van der Waals surface area contributed by atoms with Crippen molar-refractivity contribution in [2.24, 2.45) is 5.92 Å². The predicted octanol–water partition coefficient (Wildman–Crippen LogP) is 2.21. The van der Waals surface area contributed by atoms with Gasteiger partial charge in [0, 0.05) is 16.6 Å². The standard InChI is InChI=1S/C15H16BrFN2O2/c1-8-15(21)19(13(9-2-3-9)14(20)18-8)7-10-6-11(16)4-5-12(10)17/h4-6,8-9,13H,2-3,7H2,1H3,(H,18,20). The SMILES string of the molecule is CC1NC(=O)C(C2CC2)N(Cc2cc(Br)ccc2F)C1=O. The lowest BCUT2D eigenvalue weighted by Gasteiger charge is -2.38. The Morgan fingerprint density at radius 1 is 1.38 bits per heavy atom. The van der Waals surface area contributed by atoms with Gasteiger partial charge in [0.1, 0.15) is 17.9 Å². The summed E-state index contributed by atoms with van der Waals surface area (Å²) < 4.78 is 14.7. The zero-order chi connectivity index (χ0) is 15.1. The molecule has 1 N–H and O–H groups in total. The minimum atomic E-state index is -0.553. The van der Waals surface area contributed by atoms with E-state index in [9.17, 15) is 14.0 Å². The lowest BCUT2D eigenvalue weighted by Crippen LogP contribution is -2.62. The molecule has 1 aromatic carbocycles. The number of amides is 2. The van der Waals surface area contributed by atoms with Crippen molar-refractivity contribution in [1.29, 1.82) is 0 Å². The summed E-state index contributed by atoms with van der Waals surface area (Å²) in [6, 6.07) is 3.62. The van der Waals surface area contributed by atoms with E-state index in [1.807, 2.05) is 0 Å². The van der Waals surface area contributed by atoms with Crippen molar-refractivity contribution < 1.29 is 14.0 Å².